The van der Waals surface area contributed by atoms with Crippen molar-refractivity contribution in [2.75, 3.05) is 10.6 Å². The molecule has 7 nitrogen and oxygen atoms in total. The summed E-state index contributed by atoms with van der Waals surface area (Å²) >= 11 is 11.9. The van der Waals surface area contributed by atoms with Crippen LogP contribution in [0, 0.1) is 15.9 Å². The Morgan fingerprint density at radius 1 is 1.04 bits per heavy atom. The Bertz CT molecular complexity index is 965. The number of nitro groups is 1. The fraction of sp³-hybridized carbons (Fsp3) is 0.0588. The number of nitrogens with one attached hydrogen (secondary N) is 2. The highest BCUT2D eigenvalue weighted by Crippen LogP contribution is 2.33. The zero-order valence-electron chi connectivity index (χ0n) is 13.6. The van der Waals surface area contributed by atoms with Crippen molar-refractivity contribution in [3.63, 3.8) is 0 Å². The smallest absolute Gasteiger partial charge is 0.353 e. The van der Waals surface area contributed by atoms with E-state index in [0.29, 0.717) is 15.7 Å². The van der Waals surface area contributed by atoms with Crippen molar-refractivity contribution in [3.05, 3.63) is 80.3 Å². The lowest BCUT2D eigenvalue weighted by Crippen LogP contribution is -2.08. The highest BCUT2D eigenvalue weighted by atomic mass is 35.5. The van der Waals surface area contributed by atoms with Crippen LogP contribution in [0.5, 0.6) is 0 Å². The van der Waals surface area contributed by atoms with Crippen LogP contribution in [0.25, 0.3) is 0 Å². The first-order chi connectivity index (χ1) is 12.9. The summed E-state index contributed by atoms with van der Waals surface area (Å²) in [4.78, 5) is 18.9. The van der Waals surface area contributed by atoms with Gasteiger partial charge in [-0.25, -0.2) is 14.4 Å². The van der Waals surface area contributed by atoms with E-state index in [4.69, 9.17) is 23.2 Å². The average molecular weight is 408 g/mol. The van der Waals surface area contributed by atoms with E-state index in [-0.39, 0.29) is 29.7 Å². The molecule has 1 aromatic heterocycles. The van der Waals surface area contributed by atoms with E-state index >= 15 is 0 Å². The number of hydrogen-bond donors (Lipinski definition) is 2. The van der Waals surface area contributed by atoms with Crippen LogP contribution in [-0.4, -0.2) is 14.9 Å². The molecule has 3 rings (SSSR count). The van der Waals surface area contributed by atoms with Gasteiger partial charge in [-0.2, -0.15) is 0 Å². The van der Waals surface area contributed by atoms with Crippen molar-refractivity contribution in [1.82, 2.24) is 9.97 Å². The van der Waals surface area contributed by atoms with Crippen LogP contribution >= 0.6 is 23.2 Å². The summed E-state index contributed by atoms with van der Waals surface area (Å²) in [6, 6.07) is 10.4. The van der Waals surface area contributed by atoms with Gasteiger partial charge in [-0.05, 0) is 35.9 Å². The first-order valence-electron chi connectivity index (χ1n) is 7.63. The van der Waals surface area contributed by atoms with Crippen molar-refractivity contribution >= 4 is 46.2 Å². The van der Waals surface area contributed by atoms with Gasteiger partial charge in [-0.3, -0.25) is 10.1 Å². The van der Waals surface area contributed by atoms with Crippen LogP contribution in [0.2, 0.25) is 10.0 Å². The van der Waals surface area contributed by atoms with Crippen LogP contribution in [0.4, 0.5) is 27.4 Å². The minimum atomic E-state index is -0.596. The molecule has 3 aromatic rings. The van der Waals surface area contributed by atoms with E-state index in [0.717, 1.165) is 5.56 Å². The molecule has 0 atom stereocenters. The second kappa shape index (κ2) is 8.15. The standard InChI is InChI=1S/C17H12Cl2FN5O2/c18-11-5-12(19)7-14(6-11)24-17-15(25(26)27)16(22-9-23-17)21-8-10-1-3-13(20)4-2-10/h1-7,9H,8H2,(H2,21,22,23,24). The largest absolute Gasteiger partial charge is 0.360 e. The summed E-state index contributed by atoms with van der Waals surface area (Å²) in [6.45, 7) is 0.223. The number of rotatable bonds is 6. The average Bonchev–Trinajstić information content (AvgIpc) is 2.60. The fourth-order valence-corrected chi connectivity index (χ4v) is 2.85. The van der Waals surface area contributed by atoms with Gasteiger partial charge in [0, 0.05) is 22.3 Å². The molecule has 2 N–H and O–H groups in total. The minimum Gasteiger partial charge on any atom is -0.360 e. The van der Waals surface area contributed by atoms with Gasteiger partial charge in [0.25, 0.3) is 0 Å². The van der Waals surface area contributed by atoms with E-state index in [9.17, 15) is 14.5 Å². The SMILES string of the molecule is O=[N+]([O-])c1c(NCc2ccc(F)cc2)ncnc1Nc1cc(Cl)cc(Cl)c1. The third-order valence-electron chi connectivity index (χ3n) is 3.50. The summed E-state index contributed by atoms with van der Waals surface area (Å²) in [5.41, 5.74) is 0.843. The predicted molar refractivity (Wildman–Crippen MR) is 102 cm³/mol. The molecule has 27 heavy (non-hydrogen) atoms. The Kier molecular flexibility index (Phi) is 5.68. The number of nitrogens with zero attached hydrogens (tertiary/aromatic N) is 3. The van der Waals surface area contributed by atoms with Crippen molar-refractivity contribution < 1.29 is 9.31 Å². The van der Waals surface area contributed by atoms with E-state index in [2.05, 4.69) is 20.6 Å². The van der Waals surface area contributed by atoms with Crippen molar-refractivity contribution in [2.45, 2.75) is 6.54 Å². The molecule has 138 valence electrons. The molecule has 0 amide bonds. The third kappa shape index (κ3) is 4.81. The molecule has 0 radical (unpaired) electrons. The lowest BCUT2D eigenvalue weighted by molar-refractivity contribution is -0.383. The quantitative estimate of drug-likeness (QED) is 0.431. The third-order valence-corrected chi connectivity index (χ3v) is 3.94. The van der Waals surface area contributed by atoms with Gasteiger partial charge < -0.3 is 10.6 Å². The first-order valence-corrected chi connectivity index (χ1v) is 8.39. The van der Waals surface area contributed by atoms with E-state index in [1.807, 2.05) is 0 Å². The molecule has 0 spiro atoms. The maximum Gasteiger partial charge on any atom is 0.353 e. The minimum absolute atomic E-state index is 0.0186. The zero-order chi connectivity index (χ0) is 19.4. The highest BCUT2D eigenvalue weighted by Gasteiger charge is 2.23. The summed E-state index contributed by atoms with van der Waals surface area (Å²) in [5, 5.41) is 18.0. The molecule has 2 aromatic carbocycles. The molecular weight excluding hydrogens is 396 g/mol. The van der Waals surface area contributed by atoms with Gasteiger partial charge in [0.2, 0.25) is 11.6 Å². The Hall–Kier alpha value is -2.97. The van der Waals surface area contributed by atoms with Crippen molar-refractivity contribution in [2.24, 2.45) is 0 Å². The fourth-order valence-electron chi connectivity index (χ4n) is 2.32. The summed E-state index contributed by atoms with van der Waals surface area (Å²) in [7, 11) is 0. The van der Waals surface area contributed by atoms with Crippen molar-refractivity contribution in [1.29, 1.82) is 0 Å². The Balaban J connectivity index is 1.87. The van der Waals surface area contributed by atoms with Crippen LogP contribution < -0.4 is 10.6 Å². The van der Waals surface area contributed by atoms with Gasteiger partial charge in [-0.15, -0.1) is 0 Å². The molecule has 0 fully saturated rings. The van der Waals surface area contributed by atoms with Crippen LogP contribution in [0.15, 0.2) is 48.8 Å². The van der Waals surface area contributed by atoms with Gasteiger partial charge in [0.15, 0.2) is 0 Å². The Morgan fingerprint density at radius 2 is 1.67 bits per heavy atom. The monoisotopic (exact) mass is 407 g/mol. The first kappa shape index (κ1) is 18.8. The molecule has 1 heterocycles. The highest BCUT2D eigenvalue weighted by molar-refractivity contribution is 6.35. The predicted octanol–water partition coefficient (Wildman–Crippen LogP) is 5.19. The maximum absolute atomic E-state index is 13.0. The van der Waals surface area contributed by atoms with E-state index < -0.39 is 4.92 Å². The molecule has 0 aliphatic carbocycles. The lowest BCUT2D eigenvalue weighted by Gasteiger charge is -2.10. The molecule has 0 bridgehead atoms. The molecule has 0 saturated carbocycles. The Labute approximate surface area is 163 Å². The number of anilines is 3. The number of aromatic nitrogens is 2. The molecule has 10 heteroatoms. The van der Waals surface area contributed by atoms with Crippen LogP contribution in [-0.2, 0) is 6.54 Å². The molecule has 0 aliphatic rings. The number of hydrogen-bond acceptors (Lipinski definition) is 6. The van der Waals surface area contributed by atoms with Gasteiger partial charge in [-0.1, -0.05) is 35.3 Å². The molecule has 0 saturated heterocycles. The topological polar surface area (TPSA) is 93.0 Å². The van der Waals surface area contributed by atoms with Crippen LogP contribution in [0.3, 0.4) is 0 Å². The maximum atomic E-state index is 13.0. The van der Waals surface area contributed by atoms with Gasteiger partial charge >= 0.3 is 5.69 Å². The second-order valence-electron chi connectivity index (χ2n) is 5.44. The van der Waals surface area contributed by atoms with Gasteiger partial charge in [0.05, 0.1) is 4.92 Å². The number of halogens is 3. The van der Waals surface area contributed by atoms with Crippen molar-refractivity contribution in [3.8, 4) is 0 Å². The molecular formula is C17H12Cl2FN5O2. The summed E-state index contributed by atoms with van der Waals surface area (Å²) < 4.78 is 13.0. The van der Waals surface area contributed by atoms with E-state index in [1.165, 1.54) is 18.5 Å². The molecule has 0 unspecified atom stereocenters. The Morgan fingerprint density at radius 3 is 2.30 bits per heavy atom. The zero-order valence-corrected chi connectivity index (χ0v) is 15.1. The number of benzene rings is 2. The lowest BCUT2D eigenvalue weighted by atomic mass is 10.2. The molecule has 0 aliphatic heterocycles. The normalized spacial score (nSPS) is 10.5. The summed E-state index contributed by atoms with van der Waals surface area (Å²) in [6.07, 6.45) is 1.19. The van der Waals surface area contributed by atoms with E-state index in [1.54, 1.807) is 30.3 Å². The van der Waals surface area contributed by atoms with Gasteiger partial charge in [0.1, 0.15) is 12.1 Å². The van der Waals surface area contributed by atoms with Crippen LogP contribution in [0.1, 0.15) is 5.56 Å². The second-order valence-corrected chi connectivity index (χ2v) is 6.31. The summed E-state index contributed by atoms with van der Waals surface area (Å²) in [5.74, 6) is -0.358.